The summed E-state index contributed by atoms with van der Waals surface area (Å²) >= 11 is 0. The van der Waals surface area contributed by atoms with Crippen molar-refractivity contribution in [3.05, 3.63) is 42.0 Å². The number of phenols is 1. The van der Waals surface area contributed by atoms with Gasteiger partial charge in [0, 0.05) is 25.7 Å². The fraction of sp³-hybridized carbons (Fsp3) is 0.421. The number of nitrogens with zero attached hydrogens (tertiary/aromatic N) is 2. The van der Waals surface area contributed by atoms with E-state index in [1.165, 1.54) is 6.42 Å². The molecule has 1 amide bonds. The maximum Gasteiger partial charge on any atom is 0.258 e. The van der Waals surface area contributed by atoms with E-state index in [-0.39, 0.29) is 17.7 Å². The number of aromatic hydroxyl groups is 1. The van der Waals surface area contributed by atoms with Gasteiger partial charge in [0.05, 0.1) is 5.56 Å². The van der Waals surface area contributed by atoms with Crippen LogP contribution < -0.4 is 0 Å². The molecule has 2 aromatic carbocycles. The molecule has 5 rings (SSSR count). The number of rotatable bonds is 1. The number of amides is 1. The Morgan fingerprint density at radius 1 is 1.09 bits per heavy atom. The van der Waals surface area contributed by atoms with Crippen molar-refractivity contribution < 1.29 is 9.90 Å². The molecule has 0 unspecified atom stereocenters. The summed E-state index contributed by atoms with van der Waals surface area (Å²) in [6.07, 6.45) is 2.26. The Labute approximate surface area is 136 Å². The Bertz CT molecular complexity index is 758. The molecule has 0 saturated carbocycles. The van der Waals surface area contributed by atoms with Crippen molar-refractivity contribution in [3.63, 3.8) is 0 Å². The molecule has 0 aliphatic carbocycles. The first-order chi connectivity index (χ1) is 11.1. The molecule has 3 aliphatic heterocycles. The first-order valence-electron chi connectivity index (χ1n) is 8.33. The largest absolute Gasteiger partial charge is 0.507 e. The van der Waals surface area contributed by atoms with Crippen LogP contribution in [0.1, 0.15) is 23.2 Å². The SMILES string of the molecule is CN1C[C@@H]2CC[C@H](C1)N(C(=O)c1c(O)ccc3ccccc13)C2. The first kappa shape index (κ1) is 14.5. The highest BCUT2D eigenvalue weighted by Crippen LogP contribution is 2.33. The molecule has 1 N–H and O–H groups in total. The minimum Gasteiger partial charge on any atom is -0.507 e. The van der Waals surface area contributed by atoms with Gasteiger partial charge in [-0.05, 0) is 42.6 Å². The van der Waals surface area contributed by atoms with Crippen LogP contribution >= 0.6 is 0 Å². The van der Waals surface area contributed by atoms with Crippen LogP contribution in [0.5, 0.6) is 5.75 Å². The average Bonchev–Trinajstić information content (AvgIpc) is 2.83. The molecule has 3 fully saturated rings. The van der Waals surface area contributed by atoms with Crippen molar-refractivity contribution in [1.82, 2.24) is 9.80 Å². The third kappa shape index (κ3) is 2.47. The van der Waals surface area contributed by atoms with Gasteiger partial charge in [-0.2, -0.15) is 0 Å². The molecule has 120 valence electrons. The van der Waals surface area contributed by atoms with Crippen molar-refractivity contribution in [2.24, 2.45) is 5.92 Å². The first-order valence-corrected chi connectivity index (χ1v) is 8.33. The summed E-state index contributed by atoms with van der Waals surface area (Å²) in [4.78, 5) is 17.6. The van der Waals surface area contributed by atoms with Crippen molar-refractivity contribution >= 4 is 16.7 Å². The third-order valence-corrected chi connectivity index (χ3v) is 5.28. The fourth-order valence-corrected chi connectivity index (χ4v) is 4.19. The predicted molar refractivity (Wildman–Crippen MR) is 90.7 cm³/mol. The highest BCUT2D eigenvalue weighted by atomic mass is 16.3. The summed E-state index contributed by atoms with van der Waals surface area (Å²) in [6.45, 7) is 2.78. The zero-order chi connectivity index (χ0) is 16.0. The lowest BCUT2D eigenvalue weighted by Gasteiger charge is -2.36. The molecular weight excluding hydrogens is 288 g/mol. The summed E-state index contributed by atoms with van der Waals surface area (Å²) in [5.74, 6) is 0.603. The summed E-state index contributed by atoms with van der Waals surface area (Å²) in [7, 11) is 2.13. The van der Waals surface area contributed by atoms with Crippen LogP contribution in [0.15, 0.2) is 36.4 Å². The van der Waals surface area contributed by atoms with E-state index in [0.717, 1.165) is 36.8 Å². The van der Waals surface area contributed by atoms with Gasteiger partial charge in [-0.25, -0.2) is 0 Å². The van der Waals surface area contributed by atoms with E-state index < -0.39 is 0 Å². The van der Waals surface area contributed by atoms with E-state index in [2.05, 4.69) is 11.9 Å². The lowest BCUT2D eigenvalue weighted by atomic mass is 9.93. The number of benzene rings is 2. The molecule has 0 spiro atoms. The quantitative estimate of drug-likeness (QED) is 0.881. The number of carbonyl (C=O) groups excluding carboxylic acids is 1. The molecule has 2 aromatic rings. The molecule has 3 saturated heterocycles. The van der Waals surface area contributed by atoms with Gasteiger partial charge < -0.3 is 14.9 Å². The molecule has 3 heterocycles. The second-order valence-corrected chi connectivity index (χ2v) is 6.96. The van der Waals surface area contributed by atoms with E-state index in [1.807, 2.05) is 35.2 Å². The van der Waals surface area contributed by atoms with Crippen LogP contribution in [0.4, 0.5) is 0 Å². The number of piperidine rings is 1. The zero-order valence-electron chi connectivity index (χ0n) is 13.4. The predicted octanol–water partition coefficient (Wildman–Crippen LogP) is 2.71. The Balaban J connectivity index is 1.76. The van der Waals surface area contributed by atoms with Gasteiger partial charge in [0.25, 0.3) is 5.91 Å². The van der Waals surface area contributed by atoms with Crippen LogP contribution in [-0.2, 0) is 0 Å². The van der Waals surface area contributed by atoms with E-state index in [1.54, 1.807) is 6.07 Å². The molecule has 4 heteroatoms. The number of hydrogen-bond acceptors (Lipinski definition) is 3. The van der Waals surface area contributed by atoms with Crippen LogP contribution in [0, 0.1) is 5.92 Å². The summed E-state index contributed by atoms with van der Waals surface area (Å²) in [6, 6.07) is 11.5. The standard InChI is InChI=1S/C19H22N2O2/c1-20-10-13-6-8-15(12-20)21(11-13)19(23)18-16-5-3-2-4-14(16)7-9-17(18)22/h2-5,7,9,13,15,22H,6,8,10-12H2,1H3/t13-,15+/m0/s1. The Morgan fingerprint density at radius 3 is 2.78 bits per heavy atom. The molecule has 4 nitrogen and oxygen atoms in total. The van der Waals surface area contributed by atoms with Crippen LogP contribution in [0.3, 0.4) is 0 Å². The number of hydrogen-bond donors (Lipinski definition) is 1. The molecule has 2 atom stereocenters. The Morgan fingerprint density at radius 2 is 1.91 bits per heavy atom. The molecule has 3 aliphatic rings. The van der Waals surface area contributed by atoms with E-state index in [9.17, 15) is 9.90 Å². The maximum absolute atomic E-state index is 13.2. The molecular formula is C19H22N2O2. The number of likely N-dealkylation sites (N-methyl/N-ethyl adjacent to an activating group) is 1. The average molecular weight is 310 g/mol. The summed E-state index contributed by atoms with van der Waals surface area (Å²) < 4.78 is 0. The highest BCUT2D eigenvalue weighted by Gasteiger charge is 2.37. The minimum atomic E-state index is -0.0238. The van der Waals surface area contributed by atoms with Crippen LogP contribution in [0.25, 0.3) is 10.8 Å². The fourth-order valence-electron chi connectivity index (χ4n) is 4.19. The molecule has 2 bridgehead atoms. The van der Waals surface area contributed by atoms with E-state index >= 15 is 0 Å². The van der Waals surface area contributed by atoms with Crippen LogP contribution in [-0.4, -0.2) is 53.5 Å². The normalized spacial score (nSPS) is 24.8. The van der Waals surface area contributed by atoms with Crippen LogP contribution in [0.2, 0.25) is 0 Å². The van der Waals surface area contributed by atoms with Gasteiger partial charge in [-0.3, -0.25) is 4.79 Å². The molecule has 0 radical (unpaired) electrons. The zero-order valence-corrected chi connectivity index (χ0v) is 13.4. The lowest BCUT2D eigenvalue weighted by molar-refractivity contribution is 0.0586. The van der Waals surface area contributed by atoms with Gasteiger partial charge in [-0.1, -0.05) is 30.3 Å². The number of carbonyl (C=O) groups is 1. The second-order valence-electron chi connectivity index (χ2n) is 6.96. The number of phenolic OH excluding ortho intramolecular Hbond substituents is 1. The van der Waals surface area contributed by atoms with Gasteiger partial charge in [0.2, 0.25) is 0 Å². The van der Waals surface area contributed by atoms with Gasteiger partial charge >= 0.3 is 0 Å². The van der Waals surface area contributed by atoms with E-state index in [0.29, 0.717) is 11.5 Å². The van der Waals surface area contributed by atoms with Crippen molar-refractivity contribution in [2.45, 2.75) is 18.9 Å². The van der Waals surface area contributed by atoms with Gasteiger partial charge in [-0.15, -0.1) is 0 Å². The lowest BCUT2D eigenvalue weighted by Crippen LogP contribution is -2.47. The second kappa shape index (κ2) is 5.53. The Hall–Kier alpha value is -2.07. The van der Waals surface area contributed by atoms with Gasteiger partial charge in [0.15, 0.2) is 0 Å². The monoisotopic (exact) mass is 310 g/mol. The Kier molecular flexibility index (Phi) is 3.49. The number of fused-ring (bicyclic) bond motifs is 5. The van der Waals surface area contributed by atoms with Crippen molar-refractivity contribution in [1.29, 1.82) is 0 Å². The smallest absolute Gasteiger partial charge is 0.258 e. The highest BCUT2D eigenvalue weighted by molar-refractivity contribution is 6.09. The third-order valence-electron chi connectivity index (χ3n) is 5.28. The van der Waals surface area contributed by atoms with Crippen molar-refractivity contribution in [3.8, 4) is 5.75 Å². The summed E-state index contributed by atoms with van der Waals surface area (Å²) in [5.41, 5.74) is 0.457. The van der Waals surface area contributed by atoms with E-state index in [4.69, 9.17) is 0 Å². The van der Waals surface area contributed by atoms with Crippen molar-refractivity contribution in [2.75, 3.05) is 26.7 Å². The minimum absolute atomic E-state index is 0.0238. The molecule has 0 aromatic heterocycles. The summed E-state index contributed by atoms with van der Waals surface area (Å²) in [5, 5.41) is 12.2. The maximum atomic E-state index is 13.2. The topological polar surface area (TPSA) is 43.8 Å². The van der Waals surface area contributed by atoms with Gasteiger partial charge in [0.1, 0.15) is 5.75 Å². The molecule has 23 heavy (non-hydrogen) atoms.